The summed E-state index contributed by atoms with van der Waals surface area (Å²) in [6, 6.07) is 14.2. The van der Waals surface area contributed by atoms with Crippen LogP contribution in [0.2, 0.25) is 0 Å². The first-order chi connectivity index (χ1) is 15.7. The molecule has 0 saturated carbocycles. The molecule has 7 nitrogen and oxygen atoms in total. The largest absolute Gasteiger partial charge is 0.457 e. The van der Waals surface area contributed by atoms with Crippen molar-refractivity contribution in [3.8, 4) is 11.5 Å². The van der Waals surface area contributed by atoms with E-state index >= 15 is 0 Å². The summed E-state index contributed by atoms with van der Waals surface area (Å²) in [5, 5.41) is 0. The number of amides is 1. The molecular weight excluding hydrogens is 402 g/mol. The Kier molecular flexibility index (Phi) is 5.73. The molecule has 164 valence electrons. The Morgan fingerprint density at radius 1 is 1.00 bits per heavy atom. The van der Waals surface area contributed by atoms with Crippen LogP contribution in [0.15, 0.2) is 59.9 Å². The van der Waals surface area contributed by atoms with Gasteiger partial charge in [0.05, 0.1) is 23.9 Å². The molecule has 0 N–H and O–H groups in total. The van der Waals surface area contributed by atoms with E-state index in [-0.39, 0.29) is 5.91 Å². The smallest absolute Gasteiger partial charge is 0.219 e. The average Bonchev–Trinajstić information content (AvgIpc) is 3.49. The Bertz CT molecular complexity index is 1170. The van der Waals surface area contributed by atoms with E-state index in [4.69, 9.17) is 4.74 Å². The lowest BCUT2D eigenvalue weighted by molar-refractivity contribution is -0.130. The van der Waals surface area contributed by atoms with Crippen molar-refractivity contribution in [1.29, 1.82) is 0 Å². The molecule has 0 atom stereocenters. The molecule has 0 bridgehead atoms. The van der Waals surface area contributed by atoms with Gasteiger partial charge in [0.1, 0.15) is 11.5 Å². The van der Waals surface area contributed by atoms with Gasteiger partial charge in [-0.3, -0.25) is 14.7 Å². The van der Waals surface area contributed by atoms with Crippen molar-refractivity contribution >= 4 is 28.7 Å². The maximum absolute atomic E-state index is 11.5. The highest BCUT2D eigenvalue weighted by molar-refractivity contribution is 5.89. The van der Waals surface area contributed by atoms with E-state index in [0.29, 0.717) is 0 Å². The molecular formula is C25H27N5O2. The van der Waals surface area contributed by atoms with E-state index in [9.17, 15) is 4.79 Å². The number of hydrogen-bond acceptors (Lipinski definition) is 5. The van der Waals surface area contributed by atoms with Crippen LogP contribution in [-0.4, -0.2) is 70.7 Å². The van der Waals surface area contributed by atoms with Crippen LogP contribution < -0.4 is 4.74 Å². The summed E-state index contributed by atoms with van der Waals surface area (Å²) in [6.07, 6.45) is 5.79. The van der Waals surface area contributed by atoms with Crippen molar-refractivity contribution in [3.05, 3.63) is 60.4 Å². The molecule has 2 aliphatic heterocycles. The maximum atomic E-state index is 11.5. The molecule has 1 aromatic heterocycles. The fourth-order valence-electron chi connectivity index (χ4n) is 4.23. The number of ether oxygens (including phenoxy) is 1. The summed E-state index contributed by atoms with van der Waals surface area (Å²) in [5.74, 6) is 1.75. The minimum absolute atomic E-state index is 0.167. The second-order valence-electron chi connectivity index (χ2n) is 8.24. The van der Waals surface area contributed by atoms with Crippen LogP contribution in [0.1, 0.15) is 12.5 Å². The number of carbonyl (C=O) groups excluding carboxylic acids is 1. The normalized spacial score (nSPS) is 16.5. The number of nitrogens with zero attached hydrogens (tertiary/aromatic N) is 5. The Morgan fingerprint density at radius 2 is 1.78 bits per heavy atom. The van der Waals surface area contributed by atoms with Crippen LogP contribution >= 0.6 is 0 Å². The molecule has 1 saturated heterocycles. The highest BCUT2D eigenvalue weighted by Crippen LogP contribution is 2.27. The Morgan fingerprint density at radius 3 is 2.50 bits per heavy atom. The van der Waals surface area contributed by atoms with E-state index < -0.39 is 0 Å². The van der Waals surface area contributed by atoms with Gasteiger partial charge in [0.25, 0.3) is 0 Å². The number of aliphatic imine (C=N–C) groups is 1. The predicted molar refractivity (Wildman–Crippen MR) is 126 cm³/mol. The highest BCUT2D eigenvalue weighted by Gasteiger charge is 2.18. The number of aromatic nitrogens is 2. The third kappa shape index (κ3) is 4.43. The minimum atomic E-state index is 0.167. The first-order valence-corrected chi connectivity index (χ1v) is 11.1. The van der Waals surface area contributed by atoms with Gasteiger partial charge in [-0.1, -0.05) is 12.1 Å². The van der Waals surface area contributed by atoms with Gasteiger partial charge in [0, 0.05) is 58.5 Å². The summed E-state index contributed by atoms with van der Waals surface area (Å²) in [7, 11) is 0. The molecule has 0 spiro atoms. The van der Waals surface area contributed by atoms with Gasteiger partial charge in [-0.25, -0.2) is 4.98 Å². The second kappa shape index (κ2) is 8.96. The number of rotatable bonds is 6. The molecule has 3 heterocycles. The number of imidazole rings is 1. The number of allylic oxidation sites excluding steroid dienone is 1. The average molecular weight is 430 g/mol. The fourth-order valence-corrected chi connectivity index (χ4v) is 4.23. The van der Waals surface area contributed by atoms with Crippen molar-refractivity contribution in [1.82, 2.24) is 19.4 Å². The molecule has 7 heteroatoms. The summed E-state index contributed by atoms with van der Waals surface area (Å²) < 4.78 is 8.24. The van der Waals surface area contributed by atoms with Gasteiger partial charge < -0.3 is 14.2 Å². The van der Waals surface area contributed by atoms with Gasteiger partial charge in [0.2, 0.25) is 5.91 Å². The van der Waals surface area contributed by atoms with Crippen LogP contribution in [0.5, 0.6) is 11.5 Å². The SMILES string of the molecule is CC(=O)N1CCN(CCn2cnc3cc(Oc4ccc(C5=CC=NC5)cc4)ccc32)CC1. The molecule has 32 heavy (non-hydrogen) atoms. The van der Waals surface area contributed by atoms with Gasteiger partial charge in [-0.2, -0.15) is 0 Å². The van der Waals surface area contributed by atoms with Gasteiger partial charge >= 0.3 is 0 Å². The third-order valence-electron chi connectivity index (χ3n) is 6.17. The lowest BCUT2D eigenvalue weighted by atomic mass is 10.1. The van der Waals surface area contributed by atoms with Crippen molar-refractivity contribution in [3.63, 3.8) is 0 Å². The number of hydrogen-bond donors (Lipinski definition) is 0. The van der Waals surface area contributed by atoms with Gasteiger partial charge in [-0.05, 0) is 41.5 Å². The molecule has 2 aromatic carbocycles. The highest BCUT2D eigenvalue weighted by atomic mass is 16.5. The van der Waals surface area contributed by atoms with Crippen LogP contribution in [-0.2, 0) is 11.3 Å². The number of benzene rings is 2. The van der Waals surface area contributed by atoms with Gasteiger partial charge in [0.15, 0.2) is 0 Å². The Hall–Kier alpha value is -3.45. The van der Waals surface area contributed by atoms with Crippen molar-refractivity contribution in [2.24, 2.45) is 4.99 Å². The van der Waals surface area contributed by atoms with Crippen LogP contribution in [0.4, 0.5) is 0 Å². The standard InChI is InChI=1S/C25H27N5O2/c1-19(31)29-13-10-28(11-14-29)12-15-30-18-27-24-16-23(6-7-25(24)30)32-22-4-2-20(3-5-22)21-8-9-26-17-21/h2-9,16,18H,10-15,17H2,1H3. The van der Waals surface area contributed by atoms with Gasteiger partial charge in [-0.15, -0.1) is 0 Å². The fraction of sp³-hybridized carbons (Fsp3) is 0.320. The summed E-state index contributed by atoms with van der Waals surface area (Å²) in [5.41, 5.74) is 4.42. The Balaban J connectivity index is 1.20. The maximum Gasteiger partial charge on any atom is 0.219 e. The lowest BCUT2D eigenvalue weighted by Crippen LogP contribution is -2.48. The third-order valence-corrected chi connectivity index (χ3v) is 6.17. The zero-order valence-corrected chi connectivity index (χ0v) is 18.3. The van der Waals surface area contributed by atoms with Crippen molar-refractivity contribution < 1.29 is 9.53 Å². The lowest BCUT2D eigenvalue weighted by Gasteiger charge is -2.34. The quantitative estimate of drug-likeness (QED) is 0.602. The van der Waals surface area contributed by atoms with Crippen LogP contribution in [0.3, 0.4) is 0 Å². The van der Waals surface area contributed by atoms with Crippen molar-refractivity contribution in [2.75, 3.05) is 39.3 Å². The minimum Gasteiger partial charge on any atom is -0.457 e. The number of piperazine rings is 1. The molecule has 1 amide bonds. The molecule has 3 aromatic rings. The monoisotopic (exact) mass is 429 g/mol. The van der Waals surface area contributed by atoms with E-state index in [1.54, 1.807) is 6.92 Å². The zero-order valence-electron chi connectivity index (χ0n) is 18.3. The number of fused-ring (bicyclic) bond motifs is 1. The molecule has 0 aliphatic carbocycles. The first kappa shape index (κ1) is 20.5. The van der Waals surface area contributed by atoms with E-state index in [2.05, 4.69) is 37.6 Å². The van der Waals surface area contributed by atoms with Crippen LogP contribution in [0, 0.1) is 0 Å². The van der Waals surface area contributed by atoms with Crippen molar-refractivity contribution in [2.45, 2.75) is 13.5 Å². The van der Waals surface area contributed by atoms with E-state index in [1.165, 1.54) is 11.1 Å². The molecule has 5 rings (SSSR count). The predicted octanol–water partition coefficient (Wildman–Crippen LogP) is 3.46. The molecule has 2 aliphatic rings. The molecule has 0 radical (unpaired) electrons. The second-order valence-corrected chi connectivity index (χ2v) is 8.24. The molecule has 0 unspecified atom stereocenters. The van der Waals surface area contributed by atoms with E-state index in [1.807, 2.05) is 47.8 Å². The summed E-state index contributed by atoms with van der Waals surface area (Å²) in [4.78, 5) is 24.6. The summed E-state index contributed by atoms with van der Waals surface area (Å²) >= 11 is 0. The first-order valence-electron chi connectivity index (χ1n) is 11.1. The Labute approximate surface area is 187 Å². The number of carbonyl (C=O) groups is 1. The zero-order chi connectivity index (χ0) is 21.9. The van der Waals surface area contributed by atoms with E-state index in [0.717, 1.165) is 68.3 Å². The topological polar surface area (TPSA) is 63.0 Å². The van der Waals surface area contributed by atoms with Crippen LogP contribution in [0.25, 0.3) is 16.6 Å². The molecule has 1 fully saturated rings. The summed E-state index contributed by atoms with van der Waals surface area (Å²) in [6.45, 7) is 7.68.